The molecule has 2 aliphatic heterocycles. The van der Waals surface area contributed by atoms with Crippen molar-refractivity contribution >= 4 is 55.9 Å². The van der Waals surface area contributed by atoms with E-state index < -0.39 is 80.2 Å². The number of amides is 4. The summed E-state index contributed by atoms with van der Waals surface area (Å²) < 4.78 is 60.7. The number of fused-ring (bicyclic) bond motifs is 5. The molecule has 1 saturated heterocycles. The number of allylic oxidation sites excluding steroid dienone is 1. The highest BCUT2D eigenvalue weighted by Crippen LogP contribution is 2.46. The number of ether oxygens (including phenoxy) is 2. The molecule has 2 saturated carbocycles. The van der Waals surface area contributed by atoms with Gasteiger partial charge >= 0.3 is 6.09 Å². The highest BCUT2D eigenvalue weighted by Gasteiger charge is 2.62. The Bertz CT molecular complexity index is 2450. The van der Waals surface area contributed by atoms with E-state index in [1.165, 1.54) is 23.1 Å². The first kappa shape index (κ1) is 40.2. The van der Waals surface area contributed by atoms with Crippen LogP contribution in [-0.2, 0) is 29.1 Å². The summed E-state index contributed by atoms with van der Waals surface area (Å²) in [5.74, 6) is -2.78. The third-order valence-corrected chi connectivity index (χ3v) is 12.9. The summed E-state index contributed by atoms with van der Waals surface area (Å²) in [6.07, 6.45) is 6.05. The minimum Gasteiger partial charge on any atom is -0.470 e. The molecule has 0 bridgehead atoms. The fourth-order valence-electron chi connectivity index (χ4n) is 7.84. The van der Waals surface area contributed by atoms with E-state index in [1.54, 1.807) is 20.8 Å². The van der Waals surface area contributed by atoms with Crippen LogP contribution < -0.4 is 20.1 Å². The van der Waals surface area contributed by atoms with E-state index in [0.29, 0.717) is 47.7 Å². The van der Waals surface area contributed by atoms with Gasteiger partial charge in [0.15, 0.2) is 5.82 Å². The second-order valence-corrected chi connectivity index (χ2v) is 18.8. The highest BCUT2D eigenvalue weighted by molar-refractivity contribution is 7.91. The molecule has 5 atom stereocenters. The normalized spacial score (nSPS) is 25.9. The lowest BCUT2D eigenvalue weighted by Crippen LogP contribution is -2.58. The number of rotatable bonds is 7. The molecular weight excluding hydrogens is 784 g/mol. The van der Waals surface area contributed by atoms with Gasteiger partial charge in [0.05, 0.1) is 11.8 Å². The molecule has 2 aromatic carbocycles. The SMILES string of the molecule is CC(C)(C)OC(=O)NC1CCCCC/C=C\C2CC2(C(=O)NS(=O)(=O)C2CC2)NC(=O)C2CC(Oc3nc(-c4ccccc4)nc4c3oc3ccc(F)cc34)CN2C1=O. The molecule has 2 aliphatic carbocycles. The standard InChI is InChI=1S/C42H47FN6O9S/c1-41(2,3)58-40(53)44-30-15-11-6-4-5-10-14-25-22-42(25,39(52)48-59(54,55)28-17-18-28)47-36(50)31-21-27(23-49(31)38(30)51)56-37-34-33(29-20-26(43)16-19-32(29)57-34)45-35(46-37)24-12-8-7-9-13-24/h7-10,12-14,16,19-20,25,27-28,30-31H,4-6,11,15,17-18,21-23H2,1-3H3,(H,44,53)(H,47,50)(H,48,52)/b14-10-. The quantitative estimate of drug-likeness (QED) is 0.201. The van der Waals surface area contributed by atoms with Crippen LogP contribution in [0.15, 0.2) is 65.1 Å². The van der Waals surface area contributed by atoms with Gasteiger partial charge < -0.3 is 29.4 Å². The Morgan fingerprint density at radius 2 is 1.81 bits per heavy atom. The third-order valence-electron chi connectivity index (χ3n) is 11.1. The van der Waals surface area contributed by atoms with Gasteiger partial charge in [-0.15, -0.1) is 0 Å². The van der Waals surface area contributed by atoms with Gasteiger partial charge in [-0.1, -0.05) is 55.3 Å². The molecular formula is C42H47FN6O9S. The summed E-state index contributed by atoms with van der Waals surface area (Å²) in [5.41, 5.74) is -0.986. The predicted octanol–water partition coefficient (Wildman–Crippen LogP) is 5.43. The Balaban J connectivity index is 1.15. The molecule has 3 fully saturated rings. The summed E-state index contributed by atoms with van der Waals surface area (Å²) in [5, 5.41) is 5.32. The minimum absolute atomic E-state index is 0.00279. The van der Waals surface area contributed by atoms with Crippen LogP contribution >= 0.6 is 0 Å². The van der Waals surface area contributed by atoms with Crippen LogP contribution in [0.5, 0.6) is 5.88 Å². The molecule has 4 amide bonds. The van der Waals surface area contributed by atoms with Crippen molar-refractivity contribution in [2.75, 3.05) is 6.54 Å². The number of nitrogens with one attached hydrogen (secondary N) is 3. The molecule has 3 N–H and O–H groups in total. The first-order chi connectivity index (χ1) is 28.1. The van der Waals surface area contributed by atoms with Crippen molar-refractivity contribution in [1.29, 1.82) is 0 Å². The van der Waals surface area contributed by atoms with Gasteiger partial charge in [0.1, 0.15) is 46.2 Å². The fourth-order valence-corrected chi connectivity index (χ4v) is 9.21. The minimum atomic E-state index is -3.94. The Kier molecular flexibility index (Phi) is 10.6. The van der Waals surface area contributed by atoms with Crippen molar-refractivity contribution in [2.24, 2.45) is 5.92 Å². The van der Waals surface area contributed by atoms with Gasteiger partial charge in [0.25, 0.3) is 11.8 Å². The number of carbonyl (C=O) groups is 4. The first-order valence-corrected chi connectivity index (χ1v) is 21.6. The summed E-state index contributed by atoms with van der Waals surface area (Å²) in [6, 6.07) is 10.9. The van der Waals surface area contributed by atoms with Crippen molar-refractivity contribution in [2.45, 2.75) is 113 Å². The zero-order chi connectivity index (χ0) is 41.7. The number of furan rings is 1. The van der Waals surface area contributed by atoms with E-state index in [0.717, 1.165) is 12.8 Å². The summed E-state index contributed by atoms with van der Waals surface area (Å²) in [6.45, 7) is 4.99. The largest absolute Gasteiger partial charge is 0.470 e. The van der Waals surface area contributed by atoms with Gasteiger partial charge in [-0.25, -0.2) is 22.6 Å². The maximum Gasteiger partial charge on any atom is 0.408 e. The second-order valence-electron chi connectivity index (χ2n) is 16.8. The molecule has 2 aromatic heterocycles. The molecule has 0 radical (unpaired) electrons. The number of hydrogen-bond acceptors (Lipinski definition) is 11. The van der Waals surface area contributed by atoms with Crippen LogP contribution in [0.4, 0.5) is 9.18 Å². The van der Waals surface area contributed by atoms with Gasteiger partial charge in [0.2, 0.25) is 27.4 Å². The number of hydrogen-bond donors (Lipinski definition) is 3. The summed E-state index contributed by atoms with van der Waals surface area (Å²) in [4.78, 5) is 66.9. The van der Waals surface area contributed by atoms with Crippen molar-refractivity contribution < 1.29 is 45.9 Å². The number of sulfonamides is 1. The van der Waals surface area contributed by atoms with Crippen LogP contribution in [0.3, 0.4) is 0 Å². The molecule has 17 heteroatoms. The van der Waals surface area contributed by atoms with Crippen LogP contribution in [0, 0.1) is 11.7 Å². The van der Waals surface area contributed by atoms with Crippen LogP contribution in [0.2, 0.25) is 0 Å². The molecule has 0 spiro atoms. The summed E-state index contributed by atoms with van der Waals surface area (Å²) in [7, 11) is -3.94. The van der Waals surface area contributed by atoms with E-state index >= 15 is 0 Å². The van der Waals surface area contributed by atoms with E-state index in [-0.39, 0.29) is 43.1 Å². The molecule has 4 aliphatic rings. The molecule has 4 aromatic rings. The van der Waals surface area contributed by atoms with E-state index in [4.69, 9.17) is 23.9 Å². The number of halogens is 1. The Morgan fingerprint density at radius 3 is 2.56 bits per heavy atom. The second kappa shape index (κ2) is 15.5. The molecule has 15 nitrogen and oxygen atoms in total. The highest BCUT2D eigenvalue weighted by atomic mass is 32.2. The lowest BCUT2D eigenvalue weighted by Gasteiger charge is -2.30. The number of benzene rings is 2. The van der Waals surface area contributed by atoms with Crippen molar-refractivity contribution in [3.8, 4) is 17.3 Å². The molecule has 5 unspecified atom stereocenters. The number of aromatic nitrogens is 2. The van der Waals surface area contributed by atoms with Gasteiger partial charge in [0, 0.05) is 23.3 Å². The average Bonchev–Trinajstić information content (AvgIpc) is 4.08. The smallest absolute Gasteiger partial charge is 0.408 e. The first-order valence-electron chi connectivity index (χ1n) is 20.1. The Labute approximate surface area is 340 Å². The van der Waals surface area contributed by atoms with E-state index in [2.05, 4.69) is 15.4 Å². The maximum absolute atomic E-state index is 14.7. The van der Waals surface area contributed by atoms with Crippen LogP contribution in [0.1, 0.15) is 78.6 Å². The molecule has 4 heterocycles. The number of nitrogens with zero attached hydrogens (tertiary/aromatic N) is 3. The lowest BCUT2D eigenvalue weighted by atomic mass is 10.0. The van der Waals surface area contributed by atoms with Gasteiger partial charge in [-0.05, 0) is 77.5 Å². The maximum atomic E-state index is 14.7. The van der Waals surface area contributed by atoms with Crippen LogP contribution in [-0.4, -0.2) is 88.2 Å². The van der Waals surface area contributed by atoms with Gasteiger partial charge in [-0.3, -0.25) is 19.1 Å². The van der Waals surface area contributed by atoms with Crippen molar-refractivity contribution in [3.63, 3.8) is 0 Å². The zero-order valence-corrected chi connectivity index (χ0v) is 33.8. The lowest BCUT2D eigenvalue weighted by molar-refractivity contribution is -0.141. The topological polar surface area (TPSA) is 199 Å². The van der Waals surface area contributed by atoms with Crippen LogP contribution in [0.25, 0.3) is 33.5 Å². The predicted molar refractivity (Wildman–Crippen MR) is 214 cm³/mol. The molecule has 8 rings (SSSR count). The number of carbonyl (C=O) groups excluding carboxylic acids is 4. The van der Waals surface area contributed by atoms with E-state index in [9.17, 15) is 32.0 Å². The Hall–Kier alpha value is -5.58. The Morgan fingerprint density at radius 1 is 1.03 bits per heavy atom. The monoisotopic (exact) mass is 830 g/mol. The summed E-state index contributed by atoms with van der Waals surface area (Å²) >= 11 is 0. The van der Waals surface area contributed by atoms with E-state index in [1.807, 2.05) is 42.5 Å². The third kappa shape index (κ3) is 8.61. The average molecular weight is 831 g/mol. The zero-order valence-electron chi connectivity index (χ0n) is 33.0. The molecule has 312 valence electrons. The number of alkyl carbamates (subject to hydrolysis) is 1. The molecule has 59 heavy (non-hydrogen) atoms. The van der Waals surface area contributed by atoms with Gasteiger partial charge in [-0.2, -0.15) is 4.98 Å². The van der Waals surface area contributed by atoms with Crippen molar-refractivity contribution in [1.82, 2.24) is 30.2 Å². The van der Waals surface area contributed by atoms with Crippen molar-refractivity contribution in [3.05, 3.63) is 66.5 Å². The fraction of sp³-hybridized carbons (Fsp3) is 0.476.